The summed E-state index contributed by atoms with van der Waals surface area (Å²) >= 11 is 1.75. The standard InChI is InChI=1S/C22H23NO3S/c1-15-12-21(16(2)23(15)10-9-20-8-5-11-27-20)22(25)14-26-19-7-4-6-18(13-19)17(3)24/h4-8,11-13H,9-10,14H2,1-3H3. The van der Waals surface area contributed by atoms with Gasteiger partial charge in [0.2, 0.25) is 5.78 Å². The predicted octanol–water partition coefficient (Wildman–Crippen LogP) is 4.87. The molecule has 0 fully saturated rings. The normalized spacial score (nSPS) is 10.8. The Hall–Kier alpha value is -2.66. The molecule has 2 heterocycles. The lowest BCUT2D eigenvalue weighted by atomic mass is 10.1. The van der Waals surface area contributed by atoms with E-state index in [2.05, 4.69) is 22.1 Å². The van der Waals surface area contributed by atoms with Crippen LogP contribution in [0.25, 0.3) is 0 Å². The number of carbonyl (C=O) groups is 2. The molecule has 4 nitrogen and oxygen atoms in total. The van der Waals surface area contributed by atoms with Crippen molar-refractivity contribution in [1.29, 1.82) is 0 Å². The van der Waals surface area contributed by atoms with Crippen molar-refractivity contribution < 1.29 is 14.3 Å². The number of thiophene rings is 1. The van der Waals surface area contributed by atoms with Gasteiger partial charge in [0.15, 0.2) is 12.4 Å². The smallest absolute Gasteiger partial charge is 0.202 e. The first kappa shape index (κ1) is 19.1. The molecule has 0 atom stereocenters. The van der Waals surface area contributed by atoms with Crippen molar-refractivity contribution in [2.75, 3.05) is 6.61 Å². The Morgan fingerprint density at radius 1 is 1.11 bits per heavy atom. The molecule has 0 aliphatic heterocycles. The summed E-state index contributed by atoms with van der Waals surface area (Å²) in [6, 6.07) is 13.0. The Kier molecular flexibility index (Phi) is 5.91. The van der Waals surface area contributed by atoms with Crippen LogP contribution in [0.2, 0.25) is 0 Å². The Bertz CT molecular complexity index is 954. The zero-order chi connectivity index (χ0) is 19.4. The lowest BCUT2D eigenvalue weighted by molar-refractivity contribution is 0.0920. The molecule has 0 aliphatic carbocycles. The molecule has 0 aliphatic rings. The van der Waals surface area contributed by atoms with Crippen molar-refractivity contribution in [3.8, 4) is 5.75 Å². The van der Waals surface area contributed by atoms with Crippen LogP contribution in [-0.4, -0.2) is 22.7 Å². The van der Waals surface area contributed by atoms with Gasteiger partial charge in [-0.1, -0.05) is 18.2 Å². The lowest BCUT2D eigenvalue weighted by Crippen LogP contribution is -2.13. The summed E-state index contributed by atoms with van der Waals surface area (Å²) in [5.41, 5.74) is 3.31. The van der Waals surface area contributed by atoms with Crippen LogP contribution in [0.3, 0.4) is 0 Å². The van der Waals surface area contributed by atoms with Crippen LogP contribution in [-0.2, 0) is 13.0 Å². The third-order valence-electron chi connectivity index (χ3n) is 4.65. The van der Waals surface area contributed by atoms with E-state index < -0.39 is 0 Å². The van der Waals surface area contributed by atoms with Crippen LogP contribution in [0.15, 0.2) is 47.8 Å². The maximum absolute atomic E-state index is 12.7. The molecule has 0 spiro atoms. The summed E-state index contributed by atoms with van der Waals surface area (Å²) in [6.45, 7) is 6.32. The quantitative estimate of drug-likeness (QED) is 0.523. The third kappa shape index (κ3) is 4.55. The second-order valence-corrected chi connectivity index (χ2v) is 7.59. The monoisotopic (exact) mass is 381 g/mol. The number of aromatic nitrogens is 1. The average Bonchev–Trinajstić information content (AvgIpc) is 3.26. The van der Waals surface area contributed by atoms with E-state index in [0.717, 1.165) is 24.4 Å². The van der Waals surface area contributed by atoms with Gasteiger partial charge < -0.3 is 9.30 Å². The van der Waals surface area contributed by atoms with Crippen molar-refractivity contribution in [3.05, 3.63) is 75.2 Å². The van der Waals surface area contributed by atoms with Gasteiger partial charge in [0.25, 0.3) is 0 Å². The fourth-order valence-electron chi connectivity index (χ4n) is 3.14. The van der Waals surface area contributed by atoms with E-state index in [-0.39, 0.29) is 18.2 Å². The van der Waals surface area contributed by atoms with Crippen molar-refractivity contribution in [3.63, 3.8) is 0 Å². The van der Waals surface area contributed by atoms with Crippen LogP contribution < -0.4 is 4.74 Å². The summed E-state index contributed by atoms with van der Waals surface area (Å²) < 4.78 is 7.81. The number of benzene rings is 1. The second-order valence-electron chi connectivity index (χ2n) is 6.56. The molecule has 0 unspecified atom stereocenters. The summed E-state index contributed by atoms with van der Waals surface area (Å²) in [6.07, 6.45) is 0.954. The maximum Gasteiger partial charge on any atom is 0.202 e. The van der Waals surface area contributed by atoms with Gasteiger partial charge in [-0.15, -0.1) is 11.3 Å². The van der Waals surface area contributed by atoms with Gasteiger partial charge in [-0.05, 0) is 56.8 Å². The van der Waals surface area contributed by atoms with E-state index in [0.29, 0.717) is 16.9 Å². The fraction of sp³-hybridized carbons (Fsp3) is 0.273. The Balaban J connectivity index is 1.67. The van der Waals surface area contributed by atoms with Gasteiger partial charge in [0, 0.05) is 33.9 Å². The largest absolute Gasteiger partial charge is 0.485 e. The predicted molar refractivity (Wildman–Crippen MR) is 108 cm³/mol. The number of rotatable bonds is 8. The van der Waals surface area contributed by atoms with Crippen LogP contribution in [0, 0.1) is 13.8 Å². The van der Waals surface area contributed by atoms with Gasteiger partial charge >= 0.3 is 0 Å². The van der Waals surface area contributed by atoms with Crippen LogP contribution in [0.5, 0.6) is 5.75 Å². The van der Waals surface area contributed by atoms with Crippen LogP contribution >= 0.6 is 11.3 Å². The number of aryl methyl sites for hydroxylation is 2. The summed E-state index contributed by atoms with van der Waals surface area (Å²) in [5.74, 6) is 0.447. The van der Waals surface area contributed by atoms with Gasteiger partial charge in [0.05, 0.1) is 0 Å². The molecule has 0 radical (unpaired) electrons. The molecule has 27 heavy (non-hydrogen) atoms. The molecule has 0 saturated carbocycles. The number of carbonyl (C=O) groups excluding carboxylic acids is 2. The average molecular weight is 381 g/mol. The first-order chi connectivity index (χ1) is 13.0. The highest BCUT2D eigenvalue weighted by atomic mass is 32.1. The summed E-state index contributed by atoms with van der Waals surface area (Å²) in [7, 11) is 0. The van der Waals surface area contributed by atoms with Crippen LogP contribution in [0.4, 0.5) is 0 Å². The molecule has 140 valence electrons. The lowest BCUT2D eigenvalue weighted by Gasteiger charge is -2.09. The number of hydrogen-bond donors (Lipinski definition) is 0. The minimum absolute atomic E-state index is 0.0268. The fourth-order valence-corrected chi connectivity index (χ4v) is 3.83. The minimum atomic E-state index is -0.0568. The molecule has 0 N–H and O–H groups in total. The molecule has 0 saturated heterocycles. The van der Waals surface area contributed by atoms with E-state index in [9.17, 15) is 9.59 Å². The van der Waals surface area contributed by atoms with E-state index in [4.69, 9.17) is 4.74 Å². The molecule has 3 rings (SSSR count). The topological polar surface area (TPSA) is 48.3 Å². The second kappa shape index (κ2) is 8.35. The minimum Gasteiger partial charge on any atom is -0.485 e. The van der Waals surface area contributed by atoms with Gasteiger partial charge in [0.1, 0.15) is 5.75 Å². The van der Waals surface area contributed by atoms with Gasteiger partial charge in [-0.25, -0.2) is 0 Å². The highest BCUT2D eigenvalue weighted by Gasteiger charge is 2.16. The Morgan fingerprint density at radius 3 is 2.63 bits per heavy atom. The SMILES string of the molecule is CC(=O)c1cccc(OCC(=O)c2cc(C)n(CCc3cccs3)c2C)c1. The molecule has 1 aromatic carbocycles. The zero-order valence-electron chi connectivity index (χ0n) is 15.8. The first-order valence-electron chi connectivity index (χ1n) is 8.92. The molecular formula is C22H23NO3S. The zero-order valence-corrected chi connectivity index (χ0v) is 16.6. The highest BCUT2D eigenvalue weighted by Crippen LogP contribution is 2.19. The molecule has 5 heteroatoms. The first-order valence-corrected chi connectivity index (χ1v) is 9.80. The number of Topliss-reactive ketones (excluding diaryl/α,β-unsaturated/α-hetero) is 2. The van der Waals surface area contributed by atoms with E-state index >= 15 is 0 Å². The number of nitrogens with zero attached hydrogens (tertiary/aromatic N) is 1. The van der Waals surface area contributed by atoms with E-state index in [1.807, 2.05) is 19.9 Å². The number of hydrogen-bond acceptors (Lipinski definition) is 4. The van der Waals surface area contributed by atoms with Gasteiger partial charge in [-0.2, -0.15) is 0 Å². The molecule has 2 aromatic heterocycles. The Morgan fingerprint density at radius 2 is 1.93 bits per heavy atom. The maximum atomic E-state index is 12.7. The molecule has 0 bridgehead atoms. The van der Waals surface area contributed by atoms with Crippen molar-refractivity contribution in [2.45, 2.75) is 33.7 Å². The van der Waals surface area contributed by atoms with Crippen molar-refractivity contribution >= 4 is 22.9 Å². The van der Waals surface area contributed by atoms with Crippen molar-refractivity contribution in [1.82, 2.24) is 4.57 Å². The number of ketones is 2. The van der Waals surface area contributed by atoms with E-state index in [1.54, 1.807) is 35.6 Å². The molecule has 0 amide bonds. The van der Waals surface area contributed by atoms with E-state index in [1.165, 1.54) is 11.8 Å². The summed E-state index contributed by atoms with van der Waals surface area (Å²) in [5, 5.41) is 2.08. The number of ether oxygens (including phenoxy) is 1. The highest BCUT2D eigenvalue weighted by molar-refractivity contribution is 7.09. The van der Waals surface area contributed by atoms with Crippen LogP contribution in [0.1, 0.15) is 43.9 Å². The Labute approximate surface area is 163 Å². The van der Waals surface area contributed by atoms with Gasteiger partial charge in [-0.3, -0.25) is 9.59 Å². The van der Waals surface area contributed by atoms with Crippen molar-refractivity contribution in [2.24, 2.45) is 0 Å². The third-order valence-corrected chi connectivity index (χ3v) is 5.58. The summed E-state index contributed by atoms with van der Waals surface area (Å²) in [4.78, 5) is 25.5. The molecular weight excluding hydrogens is 358 g/mol. The molecule has 3 aromatic rings.